The number of aromatic nitrogens is 1. The summed E-state index contributed by atoms with van der Waals surface area (Å²) < 4.78 is 29.7. The van der Waals surface area contributed by atoms with Crippen molar-refractivity contribution in [1.82, 2.24) is 29.7 Å². The number of rotatable bonds is 20. The van der Waals surface area contributed by atoms with E-state index in [9.17, 15) is 23.1 Å². The Morgan fingerprint density at radius 1 is 1.09 bits per heavy atom. The highest BCUT2D eigenvalue weighted by molar-refractivity contribution is 7.89. The first-order chi connectivity index (χ1) is 26.4. The van der Waals surface area contributed by atoms with Crippen molar-refractivity contribution in [2.75, 3.05) is 26.2 Å². The van der Waals surface area contributed by atoms with Crippen LogP contribution in [0.4, 0.5) is 4.79 Å². The third-order valence-corrected chi connectivity index (χ3v) is 13.4. The number of oxime groups is 1. The van der Waals surface area contributed by atoms with Gasteiger partial charge in [-0.25, -0.2) is 18.2 Å². The molecular weight excluding hydrogens is 739 g/mol. The quantitative estimate of drug-likeness (QED) is 0.0699. The van der Waals surface area contributed by atoms with Gasteiger partial charge in [-0.2, -0.15) is 4.31 Å². The van der Waals surface area contributed by atoms with Crippen LogP contribution in [0.25, 0.3) is 0 Å². The summed E-state index contributed by atoms with van der Waals surface area (Å²) in [4.78, 5) is 36.5. The van der Waals surface area contributed by atoms with E-state index in [1.54, 1.807) is 33.3 Å². The molecule has 4 N–H and O–H groups in total. The van der Waals surface area contributed by atoms with Gasteiger partial charge in [0.15, 0.2) is 0 Å². The van der Waals surface area contributed by atoms with Crippen LogP contribution in [0.2, 0.25) is 0 Å². The van der Waals surface area contributed by atoms with E-state index in [1.807, 2.05) is 49.6 Å². The molecule has 1 aliphatic carbocycles. The number of nitrogens with zero attached hydrogens (tertiary/aromatic N) is 5. The van der Waals surface area contributed by atoms with E-state index >= 15 is 0 Å². The number of carbonyl (C=O) groups excluding carboxylic acids is 2. The molecule has 1 aromatic heterocycles. The summed E-state index contributed by atoms with van der Waals surface area (Å²) in [5.74, 6) is -0.424. The second-order valence-electron chi connectivity index (χ2n) is 15.2. The molecular formula is C40H57N7O6S2. The summed E-state index contributed by atoms with van der Waals surface area (Å²) in [7, 11) is -4.05. The van der Waals surface area contributed by atoms with Gasteiger partial charge >= 0.3 is 6.03 Å². The average molecular weight is 796 g/mol. The second kappa shape index (κ2) is 19.8. The Hall–Kier alpha value is -3.89. The SMILES string of the molecule is CC[C@H](C)[C@@H](C(=O)N[C@@H](Cc1ccccc1)[C@@H](O)CN(CC1CCCC1)S(=O)(=O)c1ccc(C=NO)cc1)N1CCN(Cc2csc(CNC(C)C)n2)C1=O. The van der Waals surface area contributed by atoms with E-state index in [2.05, 4.69) is 29.6 Å². The van der Waals surface area contributed by atoms with Gasteiger partial charge in [-0.3, -0.25) is 4.79 Å². The monoisotopic (exact) mass is 795 g/mol. The Balaban J connectivity index is 1.36. The maximum atomic E-state index is 14.4. The highest BCUT2D eigenvalue weighted by atomic mass is 32.2. The standard InChI is InChI=1S/C40H57N7O6S2/c1-5-29(4)38(47-20-19-45(40(47)50)25-33-27-54-37(43-33)23-41-28(2)3)39(49)44-35(21-30-11-7-6-8-12-30)36(48)26-46(24-32-13-9-10-14-32)55(52,53)34-17-15-31(16-18-34)22-42-51/h6-8,11-12,15-18,22,27-29,32,35-36,38,41,48,51H,5,9-10,13-14,19-21,23-26H2,1-4H3,(H,44,49)/t29-,35-,36-,38-/m0/s1. The number of hydrogen-bond acceptors (Lipinski definition) is 10. The first-order valence-corrected chi connectivity index (χ1v) is 21.7. The number of aliphatic hydroxyl groups excluding tert-OH is 1. The third-order valence-electron chi connectivity index (χ3n) is 10.7. The molecule has 300 valence electrons. The van der Waals surface area contributed by atoms with Crippen LogP contribution in [0.3, 0.4) is 0 Å². The lowest BCUT2D eigenvalue weighted by Gasteiger charge is -2.35. The van der Waals surface area contributed by atoms with Crippen molar-refractivity contribution >= 4 is 39.5 Å². The molecule has 4 atom stereocenters. The first-order valence-electron chi connectivity index (χ1n) is 19.4. The summed E-state index contributed by atoms with van der Waals surface area (Å²) in [6.45, 7) is 9.93. The van der Waals surface area contributed by atoms with Gasteiger partial charge in [0.1, 0.15) is 11.0 Å². The Morgan fingerprint density at radius 3 is 2.45 bits per heavy atom. The zero-order valence-corrected chi connectivity index (χ0v) is 34.0. The lowest BCUT2D eigenvalue weighted by molar-refractivity contribution is -0.128. The molecule has 0 bridgehead atoms. The van der Waals surface area contributed by atoms with Gasteiger partial charge in [-0.15, -0.1) is 11.3 Å². The molecule has 0 radical (unpaired) electrons. The van der Waals surface area contributed by atoms with Crippen molar-refractivity contribution in [2.45, 2.75) is 108 Å². The van der Waals surface area contributed by atoms with Crippen LogP contribution >= 0.6 is 11.3 Å². The zero-order valence-electron chi connectivity index (χ0n) is 32.4. The molecule has 1 saturated heterocycles. The molecule has 2 heterocycles. The van der Waals surface area contributed by atoms with Crippen molar-refractivity contribution in [3.63, 3.8) is 0 Å². The number of benzene rings is 2. The maximum absolute atomic E-state index is 14.4. The van der Waals surface area contributed by atoms with Crippen molar-refractivity contribution in [3.05, 3.63) is 81.8 Å². The fourth-order valence-corrected chi connectivity index (χ4v) is 9.64. The Kier molecular flexibility index (Phi) is 15.2. The van der Waals surface area contributed by atoms with Gasteiger partial charge in [0.2, 0.25) is 15.9 Å². The van der Waals surface area contributed by atoms with Crippen LogP contribution in [0.1, 0.15) is 81.6 Å². The van der Waals surface area contributed by atoms with Gasteiger partial charge in [-0.05, 0) is 54.4 Å². The van der Waals surface area contributed by atoms with Gasteiger partial charge < -0.3 is 30.7 Å². The molecule has 2 aliphatic rings. The van der Waals surface area contributed by atoms with Crippen molar-refractivity contribution in [3.8, 4) is 0 Å². The summed E-state index contributed by atoms with van der Waals surface area (Å²) >= 11 is 1.55. The summed E-state index contributed by atoms with van der Waals surface area (Å²) in [6.07, 6.45) is 4.68. The van der Waals surface area contributed by atoms with Crippen molar-refractivity contribution in [2.24, 2.45) is 17.0 Å². The van der Waals surface area contributed by atoms with Crippen LogP contribution in [0.15, 0.2) is 70.0 Å². The Labute approximate surface area is 329 Å². The largest absolute Gasteiger partial charge is 0.411 e. The van der Waals surface area contributed by atoms with E-state index in [0.717, 1.165) is 41.9 Å². The highest BCUT2D eigenvalue weighted by Crippen LogP contribution is 2.29. The van der Waals surface area contributed by atoms with E-state index in [1.165, 1.54) is 22.7 Å². The molecule has 15 heteroatoms. The molecule has 1 saturated carbocycles. The molecule has 0 unspecified atom stereocenters. The van der Waals surface area contributed by atoms with Gasteiger partial charge in [-0.1, -0.05) is 94.6 Å². The number of sulfonamides is 1. The minimum absolute atomic E-state index is 0.0615. The molecule has 3 amide bonds. The van der Waals surface area contributed by atoms with Gasteiger partial charge in [0.25, 0.3) is 0 Å². The number of urea groups is 1. The Morgan fingerprint density at radius 2 is 1.80 bits per heavy atom. The molecule has 2 fully saturated rings. The molecule has 55 heavy (non-hydrogen) atoms. The number of amides is 3. The second-order valence-corrected chi connectivity index (χ2v) is 18.0. The topological polar surface area (TPSA) is 168 Å². The molecule has 0 spiro atoms. The predicted molar refractivity (Wildman–Crippen MR) is 214 cm³/mol. The summed E-state index contributed by atoms with van der Waals surface area (Å²) in [6, 6.07) is 14.0. The molecule has 3 aromatic rings. The lowest BCUT2D eigenvalue weighted by Crippen LogP contribution is -2.57. The normalized spacial score (nSPS) is 17.8. The lowest BCUT2D eigenvalue weighted by atomic mass is 9.95. The number of aliphatic hydroxyl groups is 1. The smallest absolute Gasteiger partial charge is 0.321 e. The van der Waals surface area contributed by atoms with E-state index in [4.69, 9.17) is 10.2 Å². The number of hydrogen-bond donors (Lipinski definition) is 4. The third kappa shape index (κ3) is 11.3. The summed E-state index contributed by atoms with van der Waals surface area (Å²) in [5.41, 5.74) is 2.22. The van der Waals surface area contributed by atoms with Crippen LogP contribution in [0, 0.1) is 11.8 Å². The minimum Gasteiger partial charge on any atom is -0.411 e. The highest BCUT2D eigenvalue weighted by Gasteiger charge is 2.41. The van der Waals surface area contributed by atoms with Crippen molar-refractivity contribution < 1.29 is 28.3 Å². The Bertz CT molecular complexity index is 1820. The molecule has 2 aromatic carbocycles. The van der Waals surface area contributed by atoms with E-state index in [-0.39, 0.29) is 48.2 Å². The first kappa shape index (κ1) is 42.3. The summed E-state index contributed by atoms with van der Waals surface area (Å²) in [5, 5.41) is 33.3. The van der Waals surface area contributed by atoms with Crippen LogP contribution in [-0.2, 0) is 34.3 Å². The van der Waals surface area contributed by atoms with Crippen molar-refractivity contribution in [1.29, 1.82) is 0 Å². The zero-order chi connectivity index (χ0) is 39.5. The molecule has 5 rings (SSSR count). The average Bonchev–Trinajstić information content (AvgIpc) is 3.94. The van der Waals surface area contributed by atoms with Crippen LogP contribution < -0.4 is 10.6 Å². The van der Waals surface area contributed by atoms with Gasteiger partial charge in [0, 0.05) is 44.1 Å². The molecule has 13 nitrogen and oxygen atoms in total. The molecule has 1 aliphatic heterocycles. The number of carbonyl (C=O) groups is 2. The minimum atomic E-state index is -4.05. The van der Waals surface area contributed by atoms with Crippen LogP contribution in [0.5, 0.6) is 0 Å². The maximum Gasteiger partial charge on any atom is 0.321 e. The van der Waals surface area contributed by atoms with E-state index in [0.29, 0.717) is 44.2 Å². The van der Waals surface area contributed by atoms with Gasteiger partial charge in [0.05, 0.1) is 35.5 Å². The fourth-order valence-electron chi connectivity index (χ4n) is 7.37. The number of thiazole rings is 1. The van der Waals surface area contributed by atoms with E-state index < -0.39 is 28.2 Å². The number of nitrogens with one attached hydrogen (secondary N) is 2. The fraction of sp³-hybridized carbons (Fsp3) is 0.550. The predicted octanol–water partition coefficient (Wildman–Crippen LogP) is 5.07. The van der Waals surface area contributed by atoms with Crippen LogP contribution in [-0.4, -0.2) is 106 Å².